The van der Waals surface area contributed by atoms with Crippen LogP contribution < -0.4 is 0 Å². The summed E-state index contributed by atoms with van der Waals surface area (Å²) < 4.78 is 0. The molecule has 0 aromatic carbocycles. The summed E-state index contributed by atoms with van der Waals surface area (Å²) in [4.78, 5) is 0. The zero-order valence-electron chi connectivity index (χ0n) is 1.99. The van der Waals surface area contributed by atoms with E-state index in [4.69, 9.17) is 0 Å². The molecule has 0 aromatic heterocycles. The van der Waals surface area contributed by atoms with Gasteiger partial charge in [-0.15, -0.1) is 0 Å². The largest absolute Gasteiger partial charge is 0 e. The Hall–Kier alpha value is 2.47. The summed E-state index contributed by atoms with van der Waals surface area (Å²) in [6.45, 7) is 0. The van der Waals surface area contributed by atoms with Gasteiger partial charge in [0.1, 0.15) is 0 Å². The van der Waals surface area contributed by atoms with E-state index in [1.165, 1.54) is 0 Å². The van der Waals surface area contributed by atoms with Crippen LogP contribution in [-0.2, 0) is 53.9 Å². The Bertz CT molecular complexity index is 8.00. The molecule has 19 valence electrons. The average molecular weight is 291 g/mol. The van der Waals surface area contributed by atoms with Crippen LogP contribution in [0, 0.1) is 0 Å². The molecule has 0 rings (SSSR count). The Morgan fingerprint density at radius 1 is 1.00 bits per heavy atom. The number of hydrogen-bond donors (Lipinski definition) is 0. The first-order valence-electron chi connectivity index (χ1n) is 0. The molecular weight excluding hydrogens is 291 g/mol. The first-order chi connectivity index (χ1) is 0. The zero-order chi connectivity index (χ0) is 0. The Morgan fingerprint density at radius 3 is 1.00 bits per heavy atom. The van der Waals surface area contributed by atoms with Gasteiger partial charge >= 0.3 is 0 Å². The van der Waals surface area contributed by atoms with Crippen molar-refractivity contribution in [3.05, 3.63) is 0 Å². The van der Waals surface area contributed by atoms with E-state index < -0.39 is 0 Å². The van der Waals surface area contributed by atoms with Gasteiger partial charge in [-0.05, 0) is 0 Å². The fraction of sp³-hybridized carbons (Fsp3) is 0. The van der Waals surface area contributed by atoms with E-state index in [0.29, 0.717) is 0 Å². The topological polar surface area (TPSA) is 0 Å². The maximum absolute atomic E-state index is 0. The van der Waals surface area contributed by atoms with Gasteiger partial charge in [-0.25, -0.2) is 0 Å². The molecule has 0 aliphatic carbocycles. The van der Waals surface area contributed by atoms with E-state index in [9.17, 15) is 0 Å². The third-order valence-corrected chi connectivity index (χ3v) is 0. The minimum atomic E-state index is 0. The van der Waals surface area contributed by atoms with E-state index in [1.54, 1.807) is 0 Å². The maximum Gasteiger partial charge on any atom is 0 e. The molecule has 0 heterocycles. The van der Waals surface area contributed by atoms with Gasteiger partial charge in [0.2, 0.25) is 0 Å². The molecule has 0 bridgehead atoms. The second-order valence-corrected chi connectivity index (χ2v) is 0. The van der Waals surface area contributed by atoms with Crippen LogP contribution in [-0.4, -0.2) is 23.9 Å². The number of rotatable bonds is 0. The third-order valence-electron chi connectivity index (χ3n) is 0. The van der Waals surface area contributed by atoms with Crippen LogP contribution >= 0.6 is 0 Å². The van der Waals surface area contributed by atoms with Gasteiger partial charge in [-0.3, -0.25) is 0 Å². The van der Waals surface area contributed by atoms with Crippen molar-refractivity contribution >= 4 is 23.9 Å². The molecule has 0 aliphatic rings. The van der Waals surface area contributed by atoms with Crippen LogP contribution in [0.1, 0.15) is 0 Å². The Morgan fingerprint density at radius 2 is 1.00 bits per heavy atom. The molecule has 0 saturated carbocycles. The molecular formula is CrMnSnZn. The second kappa shape index (κ2) is 17.9. The Kier molecular flexibility index (Phi) is 142. The molecule has 0 spiro atoms. The van der Waals surface area contributed by atoms with E-state index in [1.807, 2.05) is 0 Å². The quantitative estimate of drug-likeness (QED) is 0.533. The van der Waals surface area contributed by atoms with E-state index in [-0.39, 0.29) is 77.8 Å². The molecule has 0 atom stereocenters. The normalized spacial score (nSPS) is 0. The molecule has 0 aliphatic heterocycles. The molecule has 0 fully saturated rings. The maximum atomic E-state index is 0. The van der Waals surface area contributed by atoms with Crippen molar-refractivity contribution in [3.63, 3.8) is 0 Å². The molecule has 0 unspecified atom stereocenters. The minimum Gasteiger partial charge on any atom is 0 e. The molecule has 0 N–H and O–H groups in total. The van der Waals surface area contributed by atoms with Crippen molar-refractivity contribution < 1.29 is 53.9 Å². The van der Waals surface area contributed by atoms with Crippen LogP contribution in [0.15, 0.2) is 0 Å². The van der Waals surface area contributed by atoms with Crippen molar-refractivity contribution in [1.29, 1.82) is 0 Å². The van der Waals surface area contributed by atoms with Crippen LogP contribution in [0.4, 0.5) is 0 Å². The zero-order valence-corrected chi connectivity index (χ0v) is 10.3. The third kappa shape index (κ3) is 8.82. The molecule has 0 aromatic rings. The van der Waals surface area contributed by atoms with Gasteiger partial charge in [-0.1, -0.05) is 0 Å². The van der Waals surface area contributed by atoms with Crippen molar-refractivity contribution in [2.45, 2.75) is 0 Å². The van der Waals surface area contributed by atoms with Crippen LogP contribution in [0.2, 0.25) is 0 Å². The summed E-state index contributed by atoms with van der Waals surface area (Å²) in [5.74, 6) is 0. The fourth-order valence-corrected chi connectivity index (χ4v) is 0. The first-order valence-corrected chi connectivity index (χ1v) is 0. The van der Waals surface area contributed by atoms with E-state index in [2.05, 4.69) is 0 Å². The van der Waals surface area contributed by atoms with Gasteiger partial charge in [0.05, 0.1) is 0 Å². The average Bonchev–Trinajstić information content (AvgIpc) is 0. The van der Waals surface area contributed by atoms with Crippen molar-refractivity contribution in [2.75, 3.05) is 0 Å². The van der Waals surface area contributed by atoms with Crippen LogP contribution in [0.5, 0.6) is 0 Å². The van der Waals surface area contributed by atoms with Crippen LogP contribution in [0.3, 0.4) is 0 Å². The predicted molar refractivity (Wildman–Crippen MR) is 5.75 cm³/mol. The summed E-state index contributed by atoms with van der Waals surface area (Å²) in [6, 6.07) is 0. The van der Waals surface area contributed by atoms with Crippen molar-refractivity contribution in [3.8, 4) is 0 Å². The fourth-order valence-electron chi connectivity index (χ4n) is 0. The van der Waals surface area contributed by atoms with Crippen molar-refractivity contribution in [1.82, 2.24) is 0 Å². The van der Waals surface area contributed by atoms with Gasteiger partial charge < -0.3 is 0 Å². The minimum absolute atomic E-state index is 0. The van der Waals surface area contributed by atoms with Crippen LogP contribution in [0.25, 0.3) is 0 Å². The Labute approximate surface area is 76.8 Å². The van der Waals surface area contributed by atoms with E-state index >= 15 is 0 Å². The summed E-state index contributed by atoms with van der Waals surface area (Å²) in [5, 5.41) is 0. The SMILES string of the molecule is [Cr].[Mn].[Sn].[Zn]. The van der Waals surface area contributed by atoms with E-state index in [0.717, 1.165) is 0 Å². The number of hydrogen-bond acceptors (Lipinski definition) is 0. The van der Waals surface area contributed by atoms with Gasteiger partial charge in [0.25, 0.3) is 0 Å². The summed E-state index contributed by atoms with van der Waals surface area (Å²) >= 11 is 0. The summed E-state index contributed by atoms with van der Waals surface area (Å²) in [6.07, 6.45) is 0. The monoisotopic (exact) mass is 291 g/mol. The van der Waals surface area contributed by atoms with Gasteiger partial charge in [0, 0.05) is 77.8 Å². The van der Waals surface area contributed by atoms with Gasteiger partial charge in [-0.2, -0.15) is 0 Å². The smallest absolute Gasteiger partial charge is 0 e. The first kappa shape index (κ1) is 31.7. The van der Waals surface area contributed by atoms with Crippen molar-refractivity contribution in [2.24, 2.45) is 0 Å². The second-order valence-electron chi connectivity index (χ2n) is 0. The molecule has 0 saturated heterocycles. The molecule has 0 nitrogen and oxygen atoms in total. The molecule has 4 heteroatoms. The summed E-state index contributed by atoms with van der Waals surface area (Å²) in [7, 11) is 0. The predicted octanol–water partition coefficient (Wildman–Crippen LogP) is -0.388. The summed E-state index contributed by atoms with van der Waals surface area (Å²) in [5.41, 5.74) is 0. The Balaban J connectivity index is 0. The standard InChI is InChI=1S/Cr.Mn.Sn.Zn. The molecule has 4 heavy (non-hydrogen) atoms. The van der Waals surface area contributed by atoms with Gasteiger partial charge in [0.15, 0.2) is 0 Å². The molecule has 5 radical (unpaired) electrons. The molecule has 0 amide bonds.